The predicted octanol–water partition coefficient (Wildman–Crippen LogP) is 2.36. The highest BCUT2D eigenvalue weighted by Gasteiger charge is 2.30. The lowest BCUT2D eigenvalue weighted by Gasteiger charge is -2.39. The molecular formula is C19H23N5O3S. The minimum atomic E-state index is -0.986. The number of nitrogens with zero attached hydrogens (tertiary/aromatic N) is 5. The van der Waals surface area contributed by atoms with Crippen LogP contribution in [0.3, 0.4) is 0 Å². The SMILES string of the molecule is O=C(O)c1csc(C2CCN(C(=O)N3CCN(c4ccccn4)CC3)CC2)n1. The fraction of sp³-hybridized carbons (Fsp3) is 0.474. The van der Waals surface area contributed by atoms with E-state index in [2.05, 4.69) is 14.9 Å². The number of aromatic nitrogens is 2. The van der Waals surface area contributed by atoms with Crippen LogP contribution >= 0.6 is 11.3 Å². The molecule has 4 rings (SSSR count). The lowest BCUT2D eigenvalue weighted by Crippen LogP contribution is -2.54. The van der Waals surface area contributed by atoms with Crippen molar-refractivity contribution in [2.24, 2.45) is 0 Å². The van der Waals surface area contributed by atoms with Crippen LogP contribution in [0.25, 0.3) is 0 Å². The Morgan fingerprint density at radius 1 is 1.04 bits per heavy atom. The number of aromatic carboxylic acids is 1. The Hall–Kier alpha value is -2.68. The van der Waals surface area contributed by atoms with Gasteiger partial charge in [-0.05, 0) is 25.0 Å². The smallest absolute Gasteiger partial charge is 0.355 e. The van der Waals surface area contributed by atoms with Crippen LogP contribution in [0, 0.1) is 0 Å². The lowest BCUT2D eigenvalue weighted by atomic mass is 9.98. The number of likely N-dealkylation sites (tertiary alicyclic amines) is 1. The second kappa shape index (κ2) is 8.14. The first-order valence-electron chi connectivity index (χ1n) is 9.50. The molecule has 2 fully saturated rings. The summed E-state index contributed by atoms with van der Waals surface area (Å²) in [5.41, 5.74) is 0.115. The summed E-state index contributed by atoms with van der Waals surface area (Å²) in [4.78, 5) is 38.5. The number of urea groups is 1. The maximum atomic E-state index is 12.9. The third-order valence-electron chi connectivity index (χ3n) is 5.38. The van der Waals surface area contributed by atoms with Crippen molar-refractivity contribution < 1.29 is 14.7 Å². The summed E-state index contributed by atoms with van der Waals surface area (Å²) in [7, 11) is 0. The highest BCUT2D eigenvalue weighted by atomic mass is 32.1. The van der Waals surface area contributed by atoms with Crippen LogP contribution in [0.15, 0.2) is 29.8 Å². The van der Waals surface area contributed by atoms with Gasteiger partial charge < -0.3 is 19.8 Å². The van der Waals surface area contributed by atoms with E-state index in [4.69, 9.17) is 5.11 Å². The number of anilines is 1. The maximum Gasteiger partial charge on any atom is 0.355 e. The number of pyridine rings is 1. The van der Waals surface area contributed by atoms with E-state index in [1.165, 1.54) is 11.3 Å². The number of hydrogen-bond donors (Lipinski definition) is 1. The van der Waals surface area contributed by atoms with Gasteiger partial charge in [-0.25, -0.2) is 19.6 Å². The molecule has 0 atom stereocenters. The summed E-state index contributed by atoms with van der Waals surface area (Å²) >= 11 is 1.40. The third-order valence-corrected chi connectivity index (χ3v) is 6.39. The first-order chi connectivity index (χ1) is 13.6. The summed E-state index contributed by atoms with van der Waals surface area (Å²) in [5.74, 6) is 0.211. The van der Waals surface area contributed by atoms with E-state index in [1.54, 1.807) is 11.6 Å². The molecule has 28 heavy (non-hydrogen) atoms. The van der Waals surface area contributed by atoms with Crippen molar-refractivity contribution in [3.63, 3.8) is 0 Å². The van der Waals surface area contributed by atoms with E-state index < -0.39 is 5.97 Å². The molecule has 0 unspecified atom stereocenters. The van der Waals surface area contributed by atoms with Gasteiger partial charge in [-0.2, -0.15) is 0 Å². The van der Waals surface area contributed by atoms with Crippen LogP contribution in [-0.4, -0.2) is 76.1 Å². The quantitative estimate of drug-likeness (QED) is 0.849. The minimum Gasteiger partial charge on any atom is -0.476 e. The Kier molecular flexibility index (Phi) is 5.43. The van der Waals surface area contributed by atoms with Gasteiger partial charge in [-0.1, -0.05) is 6.07 Å². The number of carbonyl (C=O) groups is 2. The highest BCUT2D eigenvalue weighted by molar-refractivity contribution is 7.09. The Morgan fingerprint density at radius 3 is 2.36 bits per heavy atom. The Labute approximate surface area is 167 Å². The van der Waals surface area contributed by atoms with Gasteiger partial charge in [0, 0.05) is 56.8 Å². The number of rotatable bonds is 3. The second-order valence-corrected chi connectivity index (χ2v) is 7.97. The van der Waals surface area contributed by atoms with Crippen molar-refractivity contribution in [3.8, 4) is 0 Å². The number of piperazine rings is 1. The number of amides is 2. The van der Waals surface area contributed by atoms with Crippen LogP contribution in [0.4, 0.5) is 10.6 Å². The molecule has 0 radical (unpaired) electrons. The van der Waals surface area contributed by atoms with Crippen molar-refractivity contribution >= 4 is 29.2 Å². The Bertz CT molecular complexity index is 827. The largest absolute Gasteiger partial charge is 0.476 e. The van der Waals surface area contributed by atoms with Gasteiger partial charge in [0.1, 0.15) is 5.82 Å². The third kappa shape index (κ3) is 3.94. The monoisotopic (exact) mass is 401 g/mol. The minimum absolute atomic E-state index is 0.101. The standard InChI is InChI=1S/C19H23N5O3S/c25-18(26)15-13-28-17(21-15)14-4-7-23(8-5-14)19(27)24-11-9-22(10-12-24)16-3-1-2-6-20-16/h1-3,6,13-14H,4-5,7-12H2,(H,25,26). The molecule has 8 nitrogen and oxygen atoms in total. The summed E-state index contributed by atoms with van der Waals surface area (Å²) in [5, 5.41) is 11.5. The number of carbonyl (C=O) groups excluding carboxylic acids is 1. The molecule has 4 heterocycles. The van der Waals surface area contributed by atoms with Crippen LogP contribution < -0.4 is 4.90 Å². The summed E-state index contributed by atoms with van der Waals surface area (Å²) in [6.07, 6.45) is 3.44. The van der Waals surface area contributed by atoms with E-state index in [9.17, 15) is 9.59 Å². The molecule has 2 aromatic rings. The molecular weight excluding hydrogens is 378 g/mol. The molecule has 2 aromatic heterocycles. The van der Waals surface area contributed by atoms with Crippen LogP contribution in [0.2, 0.25) is 0 Å². The lowest BCUT2D eigenvalue weighted by molar-refractivity contribution is 0.0691. The predicted molar refractivity (Wildman–Crippen MR) is 106 cm³/mol. The fourth-order valence-corrected chi connectivity index (χ4v) is 4.72. The van der Waals surface area contributed by atoms with Crippen molar-refractivity contribution in [2.75, 3.05) is 44.2 Å². The van der Waals surface area contributed by atoms with E-state index >= 15 is 0 Å². The maximum absolute atomic E-state index is 12.9. The molecule has 1 N–H and O–H groups in total. The number of piperidine rings is 1. The van der Waals surface area contributed by atoms with Crippen molar-refractivity contribution in [1.82, 2.24) is 19.8 Å². The zero-order valence-electron chi connectivity index (χ0n) is 15.5. The average Bonchev–Trinajstić information content (AvgIpc) is 3.25. The van der Waals surface area contributed by atoms with Crippen LogP contribution in [0.1, 0.15) is 34.3 Å². The molecule has 0 spiro atoms. The zero-order chi connectivity index (χ0) is 19.5. The highest BCUT2D eigenvalue weighted by Crippen LogP contribution is 2.30. The first-order valence-corrected chi connectivity index (χ1v) is 10.4. The average molecular weight is 401 g/mol. The van der Waals surface area contributed by atoms with E-state index in [0.717, 1.165) is 36.8 Å². The zero-order valence-corrected chi connectivity index (χ0v) is 16.3. The van der Waals surface area contributed by atoms with E-state index in [0.29, 0.717) is 26.2 Å². The normalized spacial score (nSPS) is 18.4. The van der Waals surface area contributed by atoms with Crippen LogP contribution in [0.5, 0.6) is 0 Å². The van der Waals surface area contributed by atoms with Gasteiger partial charge in [0.05, 0.1) is 5.01 Å². The van der Waals surface area contributed by atoms with Crippen LogP contribution in [-0.2, 0) is 0 Å². The van der Waals surface area contributed by atoms with Crippen molar-refractivity contribution in [3.05, 3.63) is 40.5 Å². The molecule has 0 aromatic carbocycles. The molecule has 0 aliphatic carbocycles. The number of hydrogen-bond acceptors (Lipinski definition) is 6. The number of thiazole rings is 1. The van der Waals surface area contributed by atoms with E-state index in [1.807, 2.05) is 28.0 Å². The first kappa shape index (κ1) is 18.7. The van der Waals surface area contributed by atoms with Gasteiger partial charge in [-0.3, -0.25) is 0 Å². The molecule has 9 heteroatoms. The van der Waals surface area contributed by atoms with Gasteiger partial charge in [0.25, 0.3) is 0 Å². The molecule has 2 aliphatic rings. The van der Waals surface area contributed by atoms with Gasteiger partial charge in [0.2, 0.25) is 0 Å². The molecule has 148 valence electrons. The molecule has 2 saturated heterocycles. The molecule has 2 amide bonds. The second-order valence-electron chi connectivity index (χ2n) is 7.08. The molecule has 2 aliphatic heterocycles. The summed E-state index contributed by atoms with van der Waals surface area (Å²) < 4.78 is 0. The molecule has 0 bridgehead atoms. The Morgan fingerprint density at radius 2 is 1.75 bits per heavy atom. The van der Waals surface area contributed by atoms with E-state index in [-0.39, 0.29) is 17.6 Å². The topological polar surface area (TPSA) is 89.9 Å². The van der Waals surface area contributed by atoms with Gasteiger partial charge >= 0.3 is 12.0 Å². The Balaban J connectivity index is 1.28. The summed E-state index contributed by atoms with van der Waals surface area (Å²) in [6.45, 7) is 4.35. The molecule has 0 saturated carbocycles. The number of carboxylic acid groups (broad SMARTS) is 1. The number of carboxylic acids is 1. The fourth-order valence-electron chi connectivity index (χ4n) is 3.76. The van der Waals surface area contributed by atoms with Crippen molar-refractivity contribution in [2.45, 2.75) is 18.8 Å². The van der Waals surface area contributed by atoms with Gasteiger partial charge in [-0.15, -0.1) is 11.3 Å². The summed E-state index contributed by atoms with van der Waals surface area (Å²) in [6, 6.07) is 5.98. The van der Waals surface area contributed by atoms with Gasteiger partial charge in [0.15, 0.2) is 5.69 Å². The van der Waals surface area contributed by atoms with Crippen molar-refractivity contribution in [1.29, 1.82) is 0 Å².